The topological polar surface area (TPSA) is 52.0 Å². The van der Waals surface area contributed by atoms with Gasteiger partial charge in [0.2, 0.25) is 0 Å². The van der Waals surface area contributed by atoms with Crippen LogP contribution in [0.4, 0.5) is 11.4 Å². The van der Waals surface area contributed by atoms with E-state index >= 15 is 0 Å². The normalized spacial score (nSPS) is 19.7. The molecule has 48 heavy (non-hydrogen) atoms. The Kier molecular flexibility index (Phi) is 12.0. The zero-order valence-corrected chi connectivity index (χ0v) is 29.6. The van der Waals surface area contributed by atoms with E-state index in [0.29, 0.717) is 0 Å². The molecule has 4 aromatic carbocycles. The molecule has 2 saturated carbocycles. The van der Waals surface area contributed by atoms with Gasteiger partial charge in [-0.3, -0.25) is 0 Å². The molecule has 0 amide bonds. The number of nitrogen functional groups attached to an aromatic ring is 2. The molecule has 0 aromatic heterocycles. The highest BCUT2D eigenvalue weighted by molar-refractivity contribution is 5.45. The van der Waals surface area contributed by atoms with Crippen LogP contribution >= 0.6 is 0 Å². The molecule has 0 bridgehead atoms. The van der Waals surface area contributed by atoms with Gasteiger partial charge in [0.15, 0.2) is 0 Å². The lowest BCUT2D eigenvalue weighted by Crippen LogP contribution is -2.33. The van der Waals surface area contributed by atoms with Gasteiger partial charge in [-0.15, -0.1) is 0 Å². The standard InChI is InChI=1S/C46H60N2/c1-2-3-4-5-6-35-7-9-36(10-8-35)11-12-37-29-31-46(32-30-37,42-21-13-38(14-22-42)33-40-17-25-44(47)26-18-40)43-23-15-39(16-24-43)34-41-19-27-45(48)28-20-41/h13-28,35-37H,2-12,29-34,47-48H2,1H3. The Morgan fingerprint density at radius 1 is 0.458 bits per heavy atom. The maximum atomic E-state index is 5.93. The van der Waals surface area contributed by atoms with Gasteiger partial charge in [0.1, 0.15) is 0 Å². The minimum Gasteiger partial charge on any atom is -0.399 e. The van der Waals surface area contributed by atoms with E-state index in [-0.39, 0.29) is 5.41 Å². The van der Waals surface area contributed by atoms with E-state index in [1.807, 2.05) is 24.3 Å². The average molecular weight is 641 g/mol. The second-order valence-electron chi connectivity index (χ2n) is 15.6. The number of hydrogen-bond acceptors (Lipinski definition) is 2. The molecule has 2 heteroatoms. The SMILES string of the molecule is CCCCCCC1CCC(CCC2CCC(c3ccc(Cc4ccc(N)cc4)cc3)(c3ccc(Cc4ccc(N)cc4)cc3)CC2)CC1. The van der Waals surface area contributed by atoms with Crippen LogP contribution in [0.3, 0.4) is 0 Å². The van der Waals surface area contributed by atoms with Crippen LogP contribution in [0.1, 0.15) is 137 Å². The van der Waals surface area contributed by atoms with Gasteiger partial charge in [-0.1, -0.05) is 150 Å². The molecule has 4 aromatic rings. The van der Waals surface area contributed by atoms with Crippen molar-refractivity contribution in [2.75, 3.05) is 11.5 Å². The summed E-state index contributed by atoms with van der Waals surface area (Å²) in [6.45, 7) is 2.32. The van der Waals surface area contributed by atoms with Crippen molar-refractivity contribution in [3.05, 3.63) is 130 Å². The lowest BCUT2D eigenvalue weighted by molar-refractivity contribution is 0.208. The van der Waals surface area contributed by atoms with Crippen LogP contribution in [0.5, 0.6) is 0 Å². The van der Waals surface area contributed by atoms with Crippen LogP contribution in [0.25, 0.3) is 0 Å². The molecule has 0 heterocycles. The van der Waals surface area contributed by atoms with Crippen LogP contribution in [0.15, 0.2) is 97.1 Å². The van der Waals surface area contributed by atoms with Crippen molar-refractivity contribution < 1.29 is 0 Å². The average Bonchev–Trinajstić information content (AvgIpc) is 3.13. The number of hydrogen-bond donors (Lipinski definition) is 2. The van der Waals surface area contributed by atoms with E-state index in [0.717, 1.165) is 42.0 Å². The number of benzene rings is 4. The van der Waals surface area contributed by atoms with Crippen LogP contribution in [-0.2, 0) is 18.3 Å². The second kappa shape index (κ2) is 16.7. The third-order valence-electron chi connectivity index (χ3n) is 12.2. The van der Waals surface area contributed by atoms with Crippen LogP contribution in [0.2, 0.25) is 0 Å². The van der Waals surface area contributed by atoms with Crippen molar-refractivity contribution in [3.63, 3.8) is 0 Å². The van der Waals surface area contributed by atoms with Gasteiger partial charge in [0.25, 0.3) is 0 Å². The number of rotatable bonds is 14. The monoisotopic (exact) mass is 640 g/mol. The summed E-state index contributed by atoms with van der Waals surface area (Å²) in [5.74, 6) is 2.87. The van der Waals surface area contributed by atoms with Crippen molar-refractivity contribution in [1.29, 1.82) is 0 Å². The minimum atomic E-state index is 0.0891. The Labute approximate surface area is 291 Å². The van der Waals surface area contributed by atoms with Crippen molar-refractivity contribution >= 4 is 11.4 Å². The van der Waals surface area contributed by atoms with Crippen molar-refractivity contribution in [1.82, 2.24) is 0 Å². The fourth-order valence-corrected chi connectivity index (χ4v) is 8.97. The predicted molar refractivity (Wildman–Crippen MR) is 206 cm³/mol. The lowest BCUT2D eigenvalue weighted by Gasteiger charge is -2.42. The Balaban J connectivity index is 1.10. The van der Waals surface area contributed by atoms with Crippen LogP contribution in [0, 0.1) is 17.8 Å². The summed E-state index contributed by atoms with van der Waals surface area (Å²) in [5.41, 5.74) is 21.9. The molecule has 2 aliphatic carbocycles. The van der Waals surface area contributed by atoms with E-state index in [1.54, 1.807) is 0 Å². The summed E-state index contributed by atoms with van der Waals surface area (Å²) < 4.78 is 0. The summed E-state index contributed by atoms with van der Waals surface area (Å²) in [5, 5.41) is 0. The van der Waals surface area contributed by atoms with Crippen LogP contribution in [-0.4, -0.2) is 0 Å². The summed E-state index contributed by atoms with van der Waals surface area (Å²) >= 11 is 0. The van der Waals surface area contributed by atoms with Crippen LogP contribution < -0.4 is 11.5 Å². The molecular weight excluding hydrogens is 581 g/mol. The lowest BCUT2D eigenvalue weighted by atomic mass is 9.62. The highest BCUT2D eigenvalue weighted by Crippen LogP contribution is 2.48. The third kappa shape index (κ3) is 9.13. The Morgan fingerprint density at radius 3 is 1.25 bits per heavy atom. The zero-order chi connectivity index (χ0) is 33.2. The molecule has 4 N–H and O–H groups in total. The molecule has 0 unspecified atom stereocenters. The van der Waals surface area contributed by atoms with E-state index in [2.05, 4.69) is 79.7 Å². The molecule has 254 valence electrons. The number of anilines is 2. The largest absolute Gasteiger partial charge is 0.399 e. The second-order valence-corrected chi connectivity index (χ2v) is 15.6. The fourth-order valence-electron chi connectivity index (χ4n) is 8.97. The Hall–Kier alpha value is -3.52. The highest BCUT2D eigenvalue weighted by Gasteiger charge is 2.38. The van der Waals surface area contributed by atoms with Gasteiger partial charge < -0.3 is 11.5 Å². The van der Waals surface area contributed by atoms with Gasteiger partial charge in [-0.2, -0.15) is 0 Å². The van der Waals surface area contributed by atoms with Gasteiger partial charge in [-0.05, 0) is 114 Å². The number of unbranched alkanes of at least 4 members (excludes halogenated alkanes) is 3. The smallest absolute Gasteiger partial charge is 0.0314 e. The Morgan fingerprint density at radius 2 is 0.833 bits per heavy atom. The zero-order valence-electron chi connectivity index (χ0n) is 29.6. The molecular formula is C46H60N2. The van der Waals surface area contributed by atoms with Crippen molar-refractivity contribution in [2.24, 2.45) is 17.8 Å². The number of nitrogens with two attached hydrogens (primary N) is 2. The van der Waals surface area contributed by atoms with E-state index in [4.69, 9.17) is 11.5 Å². The van der Waals surface area contributed by atoms with E-state index < -0.39 is 0 Å². The van der Waals surface area contributed by atoms with Crippen molar-refractivity contribution in [3.8, 4) is 0 Å². The van der Waals surface area contributed by atoms with Gasteiger partial charge in [0.05, 0.1) is 0 Å². The Bertz CT molecular complexity index is 1410. The first-order valence-corrected chi connectivity index (χ1v) is 19.4. The highest BCUT2D eigenvalue weighted by atomic mass is 14.5. The molecule has 2 fully saturated rings. The molecule has 0 spiro atoms. The van der Waals surface area contributed by atoms with Gasteiger partial charge in [-0.25, -0.2) is 0 Å². The third-order valence-corrected chi connectivity index (χ3v) is 12.2. The predicted octanol–water partition coefficient (Wildman–Crippen LogP) is 12.1. The molecule has 0 saturated heterocycles. The van der Waals surface area contributed by atoms with Crippen molar-refractivity contribution in [2.45, 2.75) is 121 Å². The summed E-state index contributed by atoms with van der Waals surface area (Å²) in [6, 6.07) is 35.9. The van der Waals surface area contributed by atoms with Gasteiger partial charge >= 0.3 is 0 Å². The van der Waals surface area contributed by atoms with E-state index in [9.17, 15) is 0 Å². The summed E-state index contributed by atoms with van der Waals surface area (Å²) in [6.07, 6.45) is 23.1. The molecule has 0 aliphatic heterocycles. The first-order chi connectivity index (χ1) is 23.5. The molecule has 0 radical (unpaired) electrons. The molecule has 0 atom stereocenters. The maximum absolute atomic E-state index is 5.93. The van der Waals surface area contributed by atoms with E-state index in [1.165, 1.54) is 130 Å². The minimum absolute atomic E-state index is 0.0891. The summed E-state index contributed by atoms with van der Waals surface area (Å²) in [4.78, 5) is 0. The quantitative estimate of drug-likeness (QED) is 0.106. The molecule has 2 aliphatic rings. The first-order valence-electron chi connectivity index (χ1n) is 19.4. The summed E-state index contributed by atoms with van der Waals surface area (Å²) in [7, 11) is 0. The van der Waals surface area contributed by atoms with Gasteiger partial charge in [0, 0.05) is 16.8 Å². The fraction of sp³-hybridized carbons (Fsp3) is 0.478. The maximum Gasteiger partial charge on any atom is 0.0314 e. The molecule has 2 nitrogen and oxygen atoms in total. The molecule has 6 rings (SSSR count). The first kappa shape index (κ1) is 34.3.